The van der Waals surface area contributed by atoms with Crippen molar-refractivity contribution in [3.8, 4) is 0 Å². The Bertz CT molecular complexity index is 938. The topological polar surface area (TPSA) is 149 Å². The summed E-state index contributed by atoms with van der Waals surface area (Å²) in [5, 5.41) is 36.3. The van der Waals surface area contributed by atoms with Crippen LogP contribution in [0.25, 0.3) is 12.2 Å². The molecule has 0 heterocycles. The van der Waals surface area contributed by atoms with Gasteiger partial charge >= 0.3 is 23.9 Å². The highest BCUT2D eigenvalue weighted by Gasteiger charge is 2.21. The number of hydrogen-bond donors (Lipinski definition) is 4. The molecule has 0 saturated heterocycles. The minimum atomic E-state index is -1.55. The molecule has 0 fully saturated rings. The zero-order valence-electron chi connectivity index (χ0n) is 13.0. The maximum absolute atomic E-state index is 11.4. The average Bonchev–Trinajstić information content (AvgIpc) is 2.59. The molecule has 2 aromatic carbocycles. The Balaban J connectivity index is 2.51. The van der Waals surface area contributed by atoms with Crippen molar-refractivity contribution < 1.29 is 39.6 Å². The van der Waals surface area contributed by atoms with E-state index in [9.17, 15) is 24.3 Å². The predicted octanol–water partition coefficient (Wildman–Crippen LogP) is 2.65. The summed E-state index contributed by atoms with van der Waals surface area (Å²) in [6.07, 6.45) is 2.77. The van der Waals surface area contributed by atoms with Gasteiger partial charge in [0.25, 0.3) is 0 Å². The van der Waals surface area contributed by atoms with Crippen molar-refractivity contribution in [3.63, 3.8) is 0 Å². The second-order valence-corrected chi connectivity index (χ2v) is 5.16. The maximum atomic E-state index is 11.4. The van der Waals surface area contributed by atoms with E-state index in [1.807, 2.05) is 0 Å². The van der Waals surface area contributed by atoms with Crippen LogP contribution in [0, 0.1) is 0 Å². The van der Waals surface area contributed by atoms with Crippen LogP contribution in [0.1, 0.15) is 52.6 Å². The van der Waals surface area contributed by atoms with Crippen LogP contribution in [0.4, 0.5) is 0 Å². The molecule has 0 unspecified atom stereocenters. The van der Waals surface area contributed by atoms with Crippen molar-refractivity contribution in [1.82, 2.24) is 0 Å². The Morgan fingerprint density at radius 3 is 1.58 bits per heavy atom. The average molecular weight is 356 g/mol. The number of hydrogen-bond acceptors (Lipinski definition) is 4. The van der Waals surface area contributed by atoms with Gasteiger partial charge in [0.1, 0.15) is 0 Å². The molecular weight excluding hydrogens is 344 g/mol. The molecule has 0 aliphatic carbocycles. The highest BCUT2D eigenvalue weighted by Crippen LogP contribution is 2.21. The summed E-state index contributed by atoms with van der Waals surface area (Å²) < 4.78 is 0. The minimum absolute atomic E-state index is 0.00205. The Morgan fingerprint density at radius 1 is 0.615 bits per heavy atom. The Kier molecular flexibility index (Phi) is 5.17. The highest BCUT2D eigenvalue weighted by molar-refractivity contribution is 6.05. The largest absolute Gasteiger partial charge is 0.478 e. The normalized spacial score (nSPS) is 10.6. The van der Waals surface area contributed by atoms with Gasteiger partial charge in [-0.3, -0.25) is 0 Å². The van der Waals surface area contributed by atoms with E-state index in [0.717, 1.165) is 12.1 Å². The van der Waals surface area contributed by atoms with E-state index in [1.54, 1.807) is 0 Å². The van der Waals surface area contributed by atoms with Crippen molar-refractivity contribution in [2.45, 2.75) is 0 Å². The number of carbonyl (C=O) groups is 4. The number of carboxylic acid groups (broad SMARTS) is 4. The van der Waals surface area contributed by atoms with Gasteiger partial charge in [-0.15, -0.1) is 0 Å². The van der Waals surface area contributed by atoms with Crippen LogP contribution < -0.4 is 0 Å². The van der Waals surface area contributed by atoms with Crippen LogP contribution >= 0.6 is 0 Å². The van der Waals surface area contributed by atoms with Crippen molar-refractivity contribution in [1.29, 1.82) is 0 Å². The molecule has 2 rings (SSSR count). The summed E-state index contributed by atoms with van der Waals surface area (Å²) in [4.78, 5) is 44.6. The summed E-state index contributed by atoms with van der Waals surface area (Å²) in [5.74, 6) is -5.56. The Hall–Kier alpha value is -3.94. The molecule has 26 heavy (non-hydrogen) atoms. The van der Waals surface area contributed by atoms with E-state index in [1.165, 1.54) is 36.4 Å². The summed E-state index contributed by atoms with van der Waals surface area (Å²) in [6, 6.07) is 7.46. The second kappa shape index (κ2) is 7.31. The fraction of sp³-hybridized carbons (Fsp3) is 0. The first-order valence-corrected chi connectivity index (χ1v) is 7.10. The molecule has 0 bridgehead atoms. The quantitative estimate of drug-likeness (QED) is 0.577. The van der Waals surface area contributed by atoms with Crippen molar-refractivity contribution in [2.75, 3.05) is 0 Å². The molecule has 0 radical (unpaired) electrons. The van der Waals surface area contributed by atoms with E-state index in [4.69, 9.17) is 15.3 Å². The third kappa shape index (κ3) is 3.93. The Labute approximate surface area is 146 Å². The lowest BCUT2D eigenvalue weighted by molar-refractivity contribution is 0.0649. The fourth-order valence-corrected chi connectivity index (χ4v) is 2.22. The number of aromatic carboxylic acids is 4. The van der Waals surface area contributed by atoms with Crippen molar-refractivity contribution in [2.24, 2.45) is 0 Å². The standard InChI is InChI=1S/C18H12O8/c19-15(20)10-4-1-9(2-5-10)3-6-11-7-13(17(23)24)14(18(25)26)8-12(11)16(21)22/h1-8H,(H,19,20)(H,21,22)(H,23,24)(H,25,26)/b6-3-. The third-order valence-corrected chi connectivity index (χ3v) is 3.49. The van der Waals surface area contributed by atoms with Crippen LogP contribution in [0.5, 0.6) is 0 Å². The van der Waals surface area contributed by atoms with Gasteiger partial charge in [0.05, 0.1) is 22.3 Å². The van der Waals surface area contributed by atoms with Crippen LogP contribution in [-0.4, -0.2) is 44.3 Å². The molecule has 0 aliphatic rings. The molecular formula is C18H12O8. The molecule has 0 saturated carbocycles. The van der Waals surface area contributed by atoms with Crippen LogP contribution in [0.2, 0.25) is 0 Å². The molecule has 0 spiro atoms. The van der Waals surface area contributed by atoms with E-state index < -0.39 is 35.0 Å². The minimum Gasteiger partial charge on any atom is -0.478 e. The predicted molar refractivity (Wildman–Crippen MR) is 89.6 cm³/mol. The van der Waals surface area contributed by atoms with Gasteiger partial charge in [0.2, 0.25) is 0 Å². The number of benzene rings is 2. The summed E-state index contributed by atoms with van der Waals surface area (Å²) in [7, 11) is 0. The Morgan fingerprint density at radius 2 is 1.12 bits per heavy atom. The molecule has 0 amide bonds. The van der Waals surface area contributed by atoms with Crippen LogP contribution in [0.3, 0.4) is 0 Å². The first kappa shape index (κ1) is 18.4. The smallest absolute Gasteiger partial charge is 0.336 e. The molecule has 0 atom stereocenters. The van der Waals surface area contributed by atoms with Crippen molar-refractivity contribution >= 4 is 36.0 Å². The monoisotopic (exact) mass is 356 g/mol. The van der Waals surface area contributed by atoms with Gasteiger partial charge in [0.15, 0.2) is 0 Å². The zero-order valence-corrected chi connectivity index (χ0v) is 13.0. The lowest BCUT2D eigenvalue weighted by atomic mass is 9.97. The lowest BCUT2D eigenvalue weighted by Crippen LogP contribution is -2.12. The van der Waals surface area contributed by atoms with Gasteiger partial charge in [-0.1, -0.05) is 24.3 Å². The highest BCUT2D eigenvalue weighted by atomic mass is 16.4. The van der Waals surface area contributed by atoms with E-state index >= 15 is 0 Å². The SMILES string of the molecule is O=C(O)c1ccc(/C=C\c2cc(C(=O)O)c(C(=O)O)cc2C(=O)O)cc1. The lowest BCUT2D eigenvalue weighted by Gasteiger charge is -2.07. The number of rotatable bonds is 6. The maximum Gasteiger partial charge on any atom is 0.336 e. The van der Waals surface area contributed by atoms with Gasteiger partial charge in [0, 0.05) is 0 Å². The number of carboxylic acids is 4. The molecule has 132 valence electrons. The van der Waals surface area contributed by atoms with Crippen LogP contribution in [0.15, 0.2) is 36.4 Å². The first-order chi connectivity index (χ1) is 12.2. The molecule has 4 N–H and O–H groups in total. The van der Waals surface area contributed by atoms with Gasteiger partial charge in [-0.25, -0.2) is 19.2 Å². The summed E-state index contributed by atoms with van der Waals surface area (Å²) in [6.45, 7) is 0. The molecule has 0 aliphatic heterocycles. The van der Waals surface area contributed by atoms with E-state index in [2.05, 4.69) is 0 Å². The van der Waals surface area contributed by atoms with Gasteiger partial charge in [-0.05, 0) is 35.4 Å². The first-order valence-electron chi connectivity index (χ1n) is 7.10. The summed E-state index contributed by atoms with van der Waals surface area (Å²) in [5.41, 5.74) is -0.910. The van der Waals surface area contributed by atoms with Crippen molar-refractivity contribution in [3.05, 3.63) is 69.8 Å². The van der Waals surface area contributed by atoms with Gasteiger partial charge in [-0.2, -0.15) is 0 Å². The van der Waals surface area contributed by atoms with Crippen LogP contribution in [-0.2, 0) is 0 Å². The zero-order chi connectivity index (χ0) is 19.4. The van der Waals surface area contributed by atoms with E-state index in [0.29, 0.717) is 5.56 Å². The third-order valence-electron chi connectivity index (χ3n) is 3.49. The fourth-order valence-electron chi connectivity index (χ4n) is 2.22. The molecule has 8 heteroatoms. The molecule has 8 nitrogen and oxygen atoms in total. The van der Waals surface area contributed by atoms with Gasteiger partial charge < -0.3 is 20.4 Å². The molecule has 2 aromatic rings. The second-order valence-electron chi connectivity index (χ2n) is 5.16. The summed E-state index contributed by atoms with van der Waals surface area (Å²) >= 11 is 0. The molecule has 0 aromatic heterocycles. The van der Waals surface area contributed by atoms with E-state index in [-0.39, 0.29) is 16.7 Å².